The summed E-state index contributed by atoms with van der Waals surface area (Å²) in [5.41, 5.74) is 1.20. The predicted octanol–water partition coefficient (Wildman–Crippen LogP) is 2.48. The van der Waals surface area contributed by atoms with Gasteiger partial charge < -0.3 is 14.2 Å². The van der Waals surface area contributed by atoms with Crippen LogP contribution >= 0.6 is 0 Å². The van der Waals surface area contributed by atoms with E-state index in [0.29, 0.717) is 31.3 Å². The van der Waals surface area contributed by atoms with Crippen LogP contribution in [0, 0.1) is 6.92 Å². The van der Waals surface area contributed by atoms with Crippen LogP contribution in [-0.2, 0) is 12.0 Å². The number of aromatic nitrogens is 3. The average Bonchev–Trinajstić information content (AvgIpc) is 3.00. The van der Waals surface area contributed by atoms with E-state index in [9.17, 15) is 4.79 Å². The summed E-state index contributed by atoms with van der Waals surface area (Å²) in [7, 11) is 3.75. The number of rotatable bonds is 4. The third kappa shape index (κ3) is 5.32. The molecule has 1 amide bonds. The van der Waals surface area contributed by atoms with Crippen molar-refractivity contribution in [3.8, 4) is 0 Å². The van der Waals surface area contributed by atoms with Crippen LogP contribution in [0.1, 0.15) is 55.0 Å². The van der Waals surface area contributed by atoms with Crippen LogP contribution in [0.15, 0.2) is 16.7 Å². The monoisotopic (exact) mass is 400 g/mol. The molecule has 0 atom stereocenters. The number of carbonyl (C=O) groups is 1. The van der Waals surface area contributed by atoms with Crippen molar-refractivity contribution in [3.63, 3.8) is 0 Å². The number of carbonyl (C=O) groups excluding carboxylic acids is 1. The van der Waals surface area contributed by atoms with Crippen LogP contribution in [0.2, 0.25) is 0 Å². The van der Waals surface area contributed by atoms with Crippen LogP contribution in [0.4, 0.5) is 5.95 Å². The van der Waals surface area contributed by atoms with Gasteiger partial charge >= 0.3 is 0 Å². The lowest BCUT2D eigenvalue weighted by Crippen LogP contribution is -2.36. The Labute approximate surface area is 172 Å². The Balaban J connectivity index is 1.64. The summed E-state index contributed by atoms with van der Waals surface area (Å²) in [6.45, 7) is 12.0. The Bertz CT molecular complexity index is 855. The Hall–Kier alpha value is -2.48. The Morgan fingerprint density at radius 2 is 1.93 bits per heavy atom. The number of nitrogens with zero attached hydrogens (tertiary/aromatic N) is 6. The van der Waals surface area contributed by atoms with Crippen molar-refractivity contribution >= 4 is 11.9 Å². The maximum Gasteiger partial charge on any atom is 0.272 e. The molecule has 0 aromatic carbocycles. The first-order valence-electron chi connectivity index (χ1n) is 10.1. The highest BCUT2D eigenvalue weighted by Crippen LogP contribution is 2.23. The first-order valence-corrected chi connectivity index (χ1v) is 10.1. The van der Waals surface area contributed by atoms with Gasteiger partial charge in [-0.25, -0.2) is 15.0 Å². The minimum absolute atomic E-state index is 0.0356. The molecule has 158 valence electrons. The smallest absolute Gasteiger partial charge is 0.272 e. The van der Waals surface area contributed by atoms with Crippen LogP contribution in [0.5, 0.6) is 0 Å². The van der Waals surface area contributed by atoms with Crippen LogP contribution < -0.4 is 4.90 Å². The minimum atomic E-state index is -0.0473. The molecule has 0 unspecified atom stereocenters. The molecule has 0 radical (unpaired) electrons. The fourth-order valence-corrected chi connectivity index (χ4v) is 3.28. The number of aryl methyl sites for hydroxylation is 1. The highest BCUT2D eigenvalue weighted by atomic mass is 16.4. The number of anilines is 1. The zero-order valence-corrected chi connectivity index (χ0v) is 18.4. The Morgan fingerprint density at radius 1 is 1.17 bits per heavy atom. The zero-order valence-electron chi connectivity index (χ0n) is 18.4. The van der Waals surface area contributed by atoms with Gasteiger partial charge in [-0.05, 0) is 19.4 Å². The SMILES string of the molecule is Cc1cc(C(=O)N2CCCN(Cc3ncc(C(C)(C)C)o3)CC2)nc(N(C)C)n1. The summed E-state index contributed by atoms with van der Waals surface area (Å²) in [4.78, 5) is 32.3. The fourth-order valence-electron chi connectivity index (χ4n) is 3.28. The molecule has 2 aromatic heterocycles. The number of amides is 1. The second-order valence-corrected chi connectivity index (χ2v) is 8.88. The first-order chi connectivity index (χ1) is 13.6. The third-order valence-electron chi connectivity index (χ3n) is 4.99. The molecule has 3 rings (SSSR count). The van der Waals surface area contributed by atoms with Gasteiger partial charge in [-0.15, -0.1) is 0 Å². The molecule has 1 aliphatic heterocycles. The van der Waals surface area contributed by atoms with E-state index in [0.717, 1.165) is 36.9 Å². The van der Waals surface area contributed by atoms with Crippen molar-refractivity contribution in [1.82, 2.24) is 24.8 Å². The maximum absolute atomic E-state index is 13.0. The second kappa shape index (κ2) is 8.49. The van der Waals surface area contributed by atoms with Gasteiger partial charge in [0.25, 0.3) is 5.91 Å². The molecule has 8 heteroatoms. The van der Waals surface area contributed by atoms with E-state index in [1.54, 1.807) is 6.07 Å². The first kappa shape index (κ1) is 21.2. The lowest BCUT2D eigenvalue weighted by molar-refractivity contribution is 0.0754. The molecule has 0 spiro atoms. The standard InChI is InChI=1S/C21H32N6O2/c1-15-12-16(24-20(23-15)25(5)6)19(28)27-9-7-8-26(10-11-27)14-18-22-13-17(29-18)21(2,3)4/h12-13H,7-11,14H2,1-6H3. The highest BCUT2D eigenvalue weighted by molar-refractivity contribution is 5.92. The quantitative estimate of drug-likeness (QED) is 0.780. The van der Waals surface area contributed by atoms with Gasteiger partial charge in [0.05, 0.1) is 12.7 Å². The fraction of sp³-hybridized carbons (Fsp3) is 0.619. The zero-order chi connectivity index (χ0) is 21.2. The summed E-state index contributed by atoms with van der Waals surface area (Å²) in [6.07, 6.45) is 2.73. The number of hydrogen-bond donors (Lipinski definition) is 0. The summed E-state index contributed by atoms with van der Waals surface area (Å²) in [5.74, 6) is 2.15. The minimum Gasteiger partial charge on any atom is -0.444 e. The van der Waals surface area contributed by atoms with Crippen LogP contribution in [-0.4, -0.2) is 70.9 Å². The predicted molar refractivity (Wildman–Crippen MR) is 112 cm³/mol. The summed E-state index contributed by atoms with van der Waals surface area (Å²) in [6, 6.07) is 1.76. The van der Waals surface area contributed by atoms with Crippen molar-refractivity contribution in [2.24, 2.45) is 0 Å². The van der Waals surface area contributed by atoms with E-state index in [-0.39, 0.29) is 11.3 Å². The van der Waals surface area contributed by atoms with Crippen molar-refractivity contribution in [2.75, 3.05) is 45.2 Å². The largest absolute Gasteiger partial charge is 0.444 e. The van der Waals surface area contributed by atoms with E-state index >= 15 is 0 Å². The van der Waals surface area contributed by atoms with E-state index in [2.05, 4.69) is 40.6 Å². The molecule has 0 N–H and O–H groups in total. The summed E-state index contributed by atoms with van der Waals surface area (Å²) in [5, 5.41) is 0. The maximum atomic E-state index is 13.0. The molecule has 1 saturated heterocycles. The molecule has 0 bridgehead atoms. The molecule has 0 aliphatic carbocycles. The van der Waals surface area contributed by atoms with E-state index in [1.165, 1.54) is 0 Å². The molecule has 1 fully saturated rings. The average molecular weight is 401 g/mol. The van der Waals surface area contributed by atoms with Crippen molar-refractivity contribution < 1.29 is 9.21 Å². The van der Waals surface area contributed by atoms with E-state index in [4.69, 9.17) is 4.42 Å². The molecule has 1 aliphatic rings. The highest BCUT2D eigenvalue weighted by Gasteiger charge is 2.24. The molecular formula is C21H32N6O2. The number of hydrogen-bond acceptors (Lipinski definition) is 7. The van der Waals surface area contributed by atoms with Gasteiger partial charge in [0.15, 0.2) is 0 Å². The van der Waals surface area contributed by atoms with Crippen LogP contribution in [0.3, 0.4) is 0 Å². The van der Waals surface area contributed by atoms with Gasteiger partial charge in [0.2, 0.25) is 11.8 Å². The molecule has 29 heavy (non-hydrogen) atoms. The van der Waals surface area contributed by atoms with Gasteiger partial charge in [-0.1, -0.05) is 20.8 Å². The van der Waals surface area contributed by atoms with Crippen molar-refractivity contribution in [3.05, 3.63) is 35.3 Å². The molecule has 3 heterocycles. The summed E-state index contributed by atoms with van der Waals surface area (Å²) < 4.78 is 5.93. The molecule has 2 aromatic rings. The molecule has 0 saturated carbocycles. The van der Waals surface area contributed by atoms with Crippen LogP contribution in [0.25, 0.3) is 0 Å². The summed E-state index contributed by atoms with van der Waals surface area (Å²) >= 11 is 0. The van der Waals surface area contributed by atoms with Crippen molar-refractivity contribution in [1.29, 1.82) is 0 Å². The van der Waals surface area contributed by atoms with E-state index in [1.807, 2.05) is 37.0 Å². The van der Waals surface area contributed by atoms with Gasteiger partial charge in [0.1, 0.15) is 11.5 Å². The van der Waals surface area contributed by atoms with Gasteiger partial charge in [0, 0.05) is 51.4 Å². The topological polar surface area (TPSA) is 78.6 Å². The Kier molecular flexibility index (Phi) is 6.21. The molecule has 8 nitrogen and oxygen atoms in total. The Morgan fingerprint density at radius 3 is 2.59 bits per heavy atom. The second-order valence-electron chi connectivity index (χ2n) is 8.88. The van der Waals surface area contributed by atoms with E-state index < -0.39 is 0 Å². The number of oxazole rings is 1. The normalized spacial score (nSPS) is 16.0. The third-order valence-corrected chi connectivity index (χ3v) is 4.99. The molecular weight excluding hydrogens is 368 g/mol. The van der Waals surface area contributed by atoms with Crippen molar-refractivity contribution in [2.45, 2.75) is 46.1 Å². The van der Waals surface area contributed by atoms with Gasteiger partial charge in [-0.2, -0.15) is 0 Å². The lowest BCUT2D eigenvalue weighted by atomic mass is 9.94. The van der Waals surface area contributed by atoms with Gasteiger partial charge in [-0.3, -0.25) is 9.69 Å². The lowest BCUT2D eigenvalue weighted by Gasteiger charge is -2.22.